The van der Waals surface area contributed by atoms with Crippen molar-refractivity contribution in [2.24, 2.45) is 5.73 Å². The third kappa shape index (κ3) is 2.74. The van der Waals surface area contributed by atoms with Crippen LogP contribution in [0.1, 0.15) is 10.5 Å². The summed E-state index contributed by atoms with van der Waals surface area (Å²) in [7, 11) is 1.00. The first-order valence-electron chi connectivity index (χ1n) is 4.97. The van der Waals surface area contributed by atoms with Crippen LogP contribution < -0.4 is 5.73 Å². The zero-order valence-corrected chi connectivity index (χ0v) is 11.2. The van der Waals surface area contributed by atoms with E-state index in [-0.39, 0.29) is 12.2 Å². The van der Waals surface area contributed by atoms with Crippen molar-refractivity contribution in [3.63, 3.8) is 0 Å². The second-order valence-electron chi connectivity index (χ2n) is 3.22. The molecule has 0 atom stereocenters. The predicted molar refractivity (Wildman–Crippen MR) is 70.2 cm³/mol. The highest BCUT2D eigenvalue weighted by Gasteiger charge is 2.14. The summed E-state index contributed by atoms with van der Waals surface area (Å²) in [6.07, 6.45) is 0.721. The summed E-state index contributed by atoms with van der Waals surface area (Å²) in [5, 5.41) is 11.7. The van der Waals surface area contributed by atoms with Gasteiger partial charge >= 0.3 is 0 Å². The number of aliphatic hydroxyl groups excluding tert-OH is 1. The number of carbonyl (C=O) groups is 2. The van der Waals surface area contributed by atoms with Crippen molar-refractivity contribution in [3.8, 4) is 0 Å². The summed E-state index contributed by atoms with van der Waals surface area (Å²) in [4.78, 5) is 21.7. The molecule has 0 aliphatic rings. The minimum absolute atomic E-state index is 0.103. The number of benzene rings is 1. The molecule has 0 unspecified atom stereocenters. The number of nitrogens with zero attached hydrogens (tertiary/aromatic N) is 2. The van der Waals surface area contributed by atoms with Crippen LogP contribution in [0.3, 0.4) is 0 Å². The van der Waals surface area contributed by atoms with E-state index in [0.717, 1.165) is 17.9 Å². The zero-order valence-electron chi connectivity index (χ0n) is 9.63. The molecule has 18 heavy (non-hydrogen) atoms. The molecule has 2 rings (SSSR count). The molecule has 1 heterocycles. The molecule has 1 aromatic carbocycles. The molecule has 3 N–H and O–H groups in total. The molecule has 0 spiro atoms. The number of aldehydes is 1. The van der Waals surface area contributed by atoms with Gasteiger partial charge in [-0.15, -0.1) is 0 Å². The molecule has 0 saturated heterocycles. The van der Waals surface area contributed by atoms with Gasteiger partial charge in [-0.3, -0.25) is 9.48 Å². The van der Waals surface area contributed by atoms with Crippen molar-refractivity contribution in [3.05, 3.63) is 28.4 Å². The Balaban J connectivity index is 0.000000771. The van der Waals surface area contributed by atoms with E-state index in [1.807, 2.05) is 6.07 Å². The summed E-state index contributed by atoms with van der Waals surface area (Å²) in [5.74, 6) is -0.604. The first-order chi connectivity index (χ1) is 8.63. The molecule has 1 aromatic heterocycles. The lowest BCUT2D eigenvalue weighted by Gasteiger charge is -1.96. The first-order valence-corrected chi connectivity index (χ1v) is 5.77. The number of amides is 1. The minimum atomic E-state index is -0.604. The van der Waals surface area contributed by atoms with Crippen LogP contribution in [0.15, 0.2) is 22.7 Å². The van der Waals surface area contributed by atoms with Crippen LogP contribution in [-0.4, -0.2) is 34.2 Å². The van der Waals surface area contributed by atoms with E-state index in [1.165, 1.54) is 4.68 Å². The number of halogens is 1. The monoisotopic (exact) mass is 313 g/mol. The average molecular weight is 314 g/mol. The fourth-order valence-corrected chi connectivity index (χ4v) is 1.90. The lowest BCUT2D eigenvalue weighted by atomic mass is 10.2. The summed E-state index contributed by atoms with van der Waals surface area (Å²) in [5.41, 5.74) is 6.11. The van der Waals surface area contributed by atoms with Crippen molar-refractivity contribution in [2.75, 3.05) is 7.11 Å². The molecule has 2 aromatic rings. The van der Waals surface area contributed by atoms with Crippen molar-refractivity contribution < 1.29 is 14.7 Å². The van der Waals surface area contributed by atoms with Crippen molar-refractivity contribution in [2.45, 2.75) is 6.54 Å². The maximum absolute atomic E-state index is 11.2. The third-order valence-electron chi connectivity index (χ3n) is 2.19. The highest BCUT2D eigenvalue weighted by molar-refractivity contribution is 9.10. The van der Waals surface area contributed by atoms with E-state index in [2.05, 4.69) is 21.0 Å². The zero-order chi connectivity index (χ0) is 13.7. The van der Waals surface area contributed by atoms with Gasteiger partial charge in [-0.05, 0) is 18.2 Å². The van der Waals surface area contributed by atoms with Crippen LogP contribution in [0, 0.1) is 0 Å². The van der Waals surface area contributed by atoms with Crippen LogP contribution in [-0.2, 0) is 11.3 Å². The summed E-state index contributed by atoms with van der Waals surface area (Å²) in [6.45, 7) is 0.103. The molecular weight excluding hydrogens is 302 g/mol. The Kier molecular flexibility index (Phi) is 4.99. The van der Waals surface area contributed by atoms with Crippen LogP contribution in [0.2, 0.25) is 0 Å². The second-order valence-corrected chi connectivity index (χ2v) is 4.14. The highest BCUT2D eigenvalue weighted by atomic mass is 79.9. The lowest BCUT2D eigenvalue weighted by molar-refractivity contribution is -0.108. The number of aliphatic hydroxyl groups is 1. The van der Waals surface area contributed by atoms with Crippen molar-refractivity contribution >= 4 is 39.0 Å². The molecule has 0 saturated carbocycles. The number of hydrogen-bond acceptors (Lipinski definition) is 4. The lowest BCUT2D eigenvalue weighted by Crippen LogP contribution is -2.13. The number of nitrogens with two attached hydrogens (primary N) is 1. The Labute approximate surface area is 112 Å². The molecule has 0 bridgehead atoms. The van der Waals surface area contributed by atoms with E-state index in [4.69, 9.17) is 10.8 Å². The second kappa shape index (κ2) is 6.27. The Bertz CT molecular complexity index is 580. The average Bonchev–Trinajstić information content (AvgIpc) is 2.71. The topological polar surface area (TPSA) is 98.2 Å². The molecule has 7 heteroatoms. The van der Waals surface area contributed by atoms with Crippen LogP contribution in [0.25, 0.3) is 10.9 Å². The van der Waals surface area contributed by atoms with Gasteiger partial charge in [0.15, 0.2) is 5.69 Å². The molecule has 0 radical (unpaired) electrons. The van der Waals surface area contributed by atoms with Crippen LogP contribution >= 0.6 is 15.9 Å². The van der Waals surface area contributed by atoms with E-state index in [1.54, 1.807) is 12.1 Å². The molecule has 0 aliphatic heterocycles. The molecule has 6 nitrogen and oxygen atoms in total. The molecular formula is C11H12BrN3O3. The number of hydrogen-bond donors (Lipinski definition) is 2. The Morgan fingerprint density at radius 2 is 2.22 bits per heavy atom. The minimum Gasteiger partial charge on any atom is -0.400 e. The van der Waals surface area contributed by atoms with E-state index < -0.39 is 5.91 Å². The smallest absolute Gasteiger partial charge is 0.269 e. The molecule has 1 amide bonds. The fraction of sp³-hybridized carbons (Fsp3) is 0.182. The SMILES string of the molecule is CO.NC(=O)c1nn(CC=O)c2ccc(Br)cc12. The van der Waals surface area contributed by atoms with E-state index in [0.29, 0.717) is 10.9 Å². The van der Waals surface area contributed by atoms with Gasteiger partial charge in [0.1, 0.15) is 6.29 Å². The molecule has 0 fully saturated rings. The van der Waals surface area contributed by atoms with Crippen molar-refractivity contribution in [1.29, 1.82) is 0 Å². The van der Waals surface area contributed by atoms with E-state index >= 15 is 0 Å². The normalized spacial score (nSPS) is 9.72. The van der Waals surface area contributed by atoms with E-state index in [9.17, 15) is 9.59 Å². The molecule has 0 aliphatic carbocycles. The number of aromatic nitrogens is 2. The first kappa shape index (κ1) is 14.3. The van der Waals surface area contributed by atoms with Gasteiger partial charge in [0, 0.05) is 17.0 Å². The Morgan fingerprint density at radius 3 is 2.78 bits per heavy atom. The number of primary amides is 1. The Morgan fingerprint density at radius 1 is 1.56 bits per heavy atom. The maximum Gasteiger partial charge on any atom is 0.269 e. The number of fused-ring (bicyclic) bond motifs is 1. The van der Waals surface area contributed by atoms with Gasteiger partial charge < -0.3 is 15.6 Å². The Hall–Kier alpha value is -1.73. The fourth-order valence-electron chi connectivity index (χ4n) is 1.54. The standard InChI is InChI=1S/C10H8BrN3O2.CH4O/c11-6-1-2-8-7(5-6)9(10(12)16)13-14(8)3-4-15;1-2/h1-2,4-5H,3H2,(H2,12,16);2H,1H3. The number of rotatable bonds is 3. The van der Waals surface area contributed by atoms with Gasteiger partial charge in [0.25, 0.3) is 5.91 Å². The quantitative estimate of drug-likeness (QED) is 0.815. The third-order valence-corrected chi connectivity index (χ3v) is 2.69. The van der Waals surface area contributed by atoms with Gasteiger partial charge in [-0.1, -0.05) is 15.9 Å². The summed E-state index contributed by atoms with van der Waals surface area (Å²) < 4.78 is 2.28. The largest absolute Gasteiger partial charge is 0.400 e. The van der Waals surface area contributed by atoms with Gasteiger partial charge in [0.05, 0.1) is 12.1 Å². The van der Waals surface area contributed by atoms with Gasteiger partial charge in [-0.25, -0.2) is 0 Å². The molecule has 96 valence electrons. The summed E-state index contributed by atoms with van der Waals surface area (Å²) in [6, 6.07) is 5.35. The summed E-state index contributed by atoms with van der Waals surface area (Å²) >= 11 is 3.31. The van der Waals surface area contributed by atoms with Gasteiger partial charge in [0.2, 0.25) is 0 Å². The van der Waals surface area contributed by atoms with Crippen LogP contribution in [0.4, 0.5) is 0 Å². The van der Waals surface area contributed by atoms with Gasteiger partial charge in [-0.2, -0.15) is 5.10 Å². The van der Waals surface area contributed by atoms with Crippen molar-refractivity contribution in [1.82, 2.24) is 9.78 Å². The maximum atomic E-state index is 11.2. The van der Waals surface area contributed by atoms with Crippen LogP contribution in [0.5, 0.6) is 0 Å². The highest BCUT2D eigenvalue weighted by Crippen LogP contribution is 2.22. The number of carbonyl (C=O) groups excluding carboxylic acids is 2. The predicted octanol–water partition coefficient (Wildman–Crippen LogP) is 0.705.